The molecule has 0 aliphatic heterocycles. The Labute approximate surface area is 207 Å². The Morgan fingerprint density at radius 2 is 1.53 bits per heavy atom. The predicted octanol–water partition coefficient (Wildman–Crippen LogP) is 1.72. The smallest absolute Gasteiger partial charge is 0.744 e. The van der Waals surface area contributed by atoms with Crippen LogP contribution in [0.3, 0.4) is 0 Å². The number of nitrogens with two attached hydrogens (primary N) is 1. The minimum Gasteiger partial charge on any atom is -0.744 e. The number of hydrogen-bond donors (Lipinski definition) is 1. The standard InChI is InChI=1S/C22H18N4O4S.Na/c23-22-17-6-2-1-5-16(17)21(31(27,28)29)13-19(22)26-25-18-7-3-4-8-20(18)30-14-15-9-11-24-12-10-15;/h1-13H,14,23H2,(H,27,28,29);/q;+1/p-1. The fourth-order valence-corrected chi connectivity index (χ4v) is 3.75. The molecular formula is C22H17N4NaO4S. The summed E-state index contributed by atoms with van der Waals surface area (Å²) in [6.45, 7) is 0.311. The van der Waals surface area contributed by atoms with Crippen LogP contribution >= 0.6 is 0 Å². The van der Waals surface area contributed by atoms with Crippen molar-refractivity contribution in [1.82, 2.24) is 4.98 Å². The van der Waals surface area contributed by atoms with E-state index < -0.39 is 15.0 Å². The molecule has 0 spiro atoms. The Bertz CT molecular complexity index is 1380. The molecule has 8 nitrogen and oxygen atoms in total. The van der Waals surface area contributed by atoms with Gasteiger partial charge in [-0.15, -0.1) is 10.2 Å². The average Bonchev–Trinajstić information content (AvgIpc) is 2.78. The first-order valence-electron chi connectivity index (χ1n) is 9.23. The summed E-state index contributed by atoms with van der Waals surface area (Å²) < 4.78 is 41.1. The van der Waals surface area contributed by atoms with Crippen LogP contribution in [0.4, 0.5) is 17.1 Å². The zero-order valence-electron chi connectivity index (χ0n) is 17.2. The molecule has 0 amide bonds. The number of aromatic nitrogens is 1. The molecule has 3 aromatic carbocycles. The van der Waals surface area contributed by atoms with Crippen molar-refractivity contribution in [3.05, 3.63) is 84.7 Å². The van der Waals surface area contributed by atoms with E-state index in [0.717, 1.165) is 11.6 Å². The van der Waals surface area contributed by atoms with Gasteiger partial charge in [0.25, 0.3) is 0 Å². The van der Waals surface area contributed by atoms with Crippen molar-refractivity contribution >= 4 is 38.0 Å². The predicted molar refractivity (Wildman–Crippen MR) is 116 cm³/mol. The third-order valence-corrected chi connectivity index (χ3v) is 5.45. The van der Waals surface area contributed by atoms with Crippen molar-refractivity contribution in [2.24, 2.45) is 10.2 Å². The number of pyridine rings is 1. The number of nitrogens with zero attached hydrogens (tertiary/aromatic N) is 3. The van der Waals surface area contributed by atoms with Crippen molar-refractivity contribution in [3.8, 4) is 5.75 Å². The number of anilines is 1. The maximum atomic E-state index is 11.8. The van der Waals surface area contributed by atoms with Crippen LogP contribution in [-0.4, -0.2) is 18.0 Å². The monoisotopic (exact) mass is 456 g/mol. The van der Waals surface area contributed by atoms with Crippen molar-refractivity contribution in [3.63, 3.8) is 0 Å². The molecule has 156 valence electrons. The van der Waals surface area contributed by atoms with Gasteiger partial charge in [-0.25, -0.2) is 8.42 Å². The van der Waals surface area contributed by atoms with E-state index in [9.17, 15) is 13.0 Å². The van der Waals surface area contributed by atoms with E-state index in [1.807, 2.05) is 12.1 Å². The molecule has 0 aliphatic carbocycles. The van der Waals surface area contributed by atoms with Crippen LogP contribution in [0.15, 0.2) is 94.2 Å². The molecule has 0 aliphatic rings. The Morgan fingerprint density at radius 1 is 0.906 bits per heavy atom. The van der Waals surface area contributed by atoms with Gasteiger partial charge in [-0.2, -0.15) is 0 Å². The first-order valence-corrected chi connectivity index (χ1v) is 10.6. The van der Waals surface area contributed by atoms with Gasteiger partial charge >= 0.3 is 29.6 Å². The van der Waals surface area contributed by atoms with Crippen LogP contribution in [0.5, 0.6) is 5.75 Å². The number of para-hydroxylation sites is 1. The van der Waals surface area contributed by atoms with Gasteiger partial charge < -0.3 is 15.0 Å². The largest absolute Gasteiger partial charge is 1.00 e. The SMILES string of the molecule is Nc1c(N=Nc2ccccc2OCc2ccncc2)cc(S(=O)(=O)[O-])c2ccccc12.[Na+]. The van der Waals surface area contributed by atoms with Gasteiger partial charge in [0.05, 0.1) is 10.6 Å². The summed E-state index contributed by atoms with van der Waals surface area (Å²) in [7, 11) is -4.74. The molecule has 0 bridgehead atoms. The molecule has 0 fully saturated rings. The maximum absolute atomic E-state index is 11.8. The van der Waals surface area contributed by atoms with E-state index in [2.05, 4.69) is 15.2 Å². The second-order valence-corrected chi connectivity index (χ2v) is 7.97. The van der Waals surface area contributed by atoms with Gasteiger partial charge in [0.15, 0.2) is 0 Å². The number of azo groups is 1. The Balaban J connectivity index is 0.00000289. The Morgan fingerprint density at radius 3 is 2.25 bits per heavy atom. The Hall–Kier alpha value is -2.82. The second-order valence-electron chi connectivity index (χ2n) is 6.62. The third kappa shape index (κ3) is 5.32. The van der Waals surface area contributed by atoms with Crippen LogP contribution in [0.2, 0.25) is 0 Å². The average molecular weight is 456 g/mol. The van der Waals surface area contributed by atoms with E-state index in [-0.39, 0.29) is 46.3 Å². The van der Waals surface area contributed by atoms with E-state index in [4.69, 9.17) is 10.5 Å². The molecule has 0 saturated heterocycles. The zero-order chi connectivity index (χ0) is 21.8. The van der Waals surface area contributed by atoms with Crippen molar-refractivity contribution in [2.45, 2.75) is 11.5 Å². The number of hydrogen-bond acceptors (Lipinski definition) is 8. The molecular weight excluding hydrogens is 439 g/mol. The van der Waals surface area contributed by atoms with Gasteiger partial charge in [0.1, 0.15) is 33.8 Å². The number of ether oxygens (including phenoxy) is 1. The van der Waals surface area contributed by atoms with Crippen molar-refractivity contribution < 1.29 is 47.3 Å². The van der Waals surface area contributed by atoms with E-state index in [0.29, 0.717) is 23.4 Å². The fourth-order valence-electron chi connectivity index (χ4n) is 3.05. The second kappa shape index (κ2) is 10.2. The van der Waals surface area contributed by atoms with Gasteiger partial charge in [-0.3, -0.25) is 4.98 Å². The van der Waals surface area contributed by atoms with E-state index in [1.54, 1.807) is 54.9 Å². The number of rotatable bonds is 6. The number of nitrogen functional groups attached to an aromatic ring is 1. The van der Waals surface area contributed by atoms with Crippen LogP contribution < -0.4 is 40.0 Å². The molecule has 4 aromatic rings. The molecule has 0 unspecified atom stereocenters. The normalized spacial score (nSPS) is 11.4. The molecule has 0 atom stereocenters. The minimum atomic E-state index is -4.74. The maximum Gasteiger partial charge on any atom is 1.00 e. The molecule has 1 aromatic heterocycles. The zero-order valence-corrected chi connectivity index (χ0v) is 20.0. The first kappa shape index (κ1) is 23.8. The van der Waals surface area contributed by atoms with Gasteiger partial charge in [-0.05, 0) is 35.9 Å². The first-order chi connectivity index (χ1) is 14.9. The molecule has 1 heterocycles. The molecule has 2 N–H and O–H groups in total. The quantitative estimate of drug-likeness (QED) is 0.203. The van der Waals surface area contributed by atoms with Crippen LogP contribution in [0.25, 0.3) is 10.8 Å². The topological polar surface area (TPSA) is 130 Å². The molecule has 4 rings (SSSR count). The van der Waals surface area contributed by atoms with Gasteiger partial charge in [0.2, 0.25) is 0 Å². The number of fused-ring (bicyclic) bond motifs is 1. The summed E-state index contributed by atoms with van der Waals surface area (Å²) in [5.74, 6) is 0.485. The fraction of sp³-hybridized carbons (Fsp3) is 0.0455. The van der Waals surface area contributed by atoms with Crippen LogP contribution in [0.1, 0.15) is 5.56 Å². The van der Waals surface area contributed by atoms with Crippen LogP contribution in [0, 0.1) is 0 Å². The summed E-state index contributed by atoms with van der Waals surface area (Å²) in [4.78, 5) is 3.57. The van der Waals surface area contributed by atoms with E-state index >= 15 is 0 Å². The summed E-state index contributed by atoms with van der Waals surface area (Å²) in [5, 5.41) is 8.97. The molecule has 0 saturated carbocycles. The molecule has 0 radical (unpaired) electrons. The molecule has 10 heteroatoms. The van der Waals surface area contributed by atoms with Crippen molar-refractivity contribution in [2.75, 3.05) is 5.73 Å². The van der Waals surface area contributed by atoms with Gasteiger partial charge in [-0.1, -0.05) is 36.4 Å². The number of benzene rings is 3. The summed E-state index contributed by atoms with van der Waals surface area (Å²) in [6.07, 6.45) is 3.35. The summed E-state index contributed by atoms with van der Waals surface area (Å²) in [5.41, 5.74) is 7.85. The summed E-state index contributed by atoms with van der Waals surface area (Å²) in [6, 6.07) is 18.3. The molecule has 32 heavy (non-hydrogen) atoms. The minimum absolute atomic E-state index is 0. The summed E-state index contributed by atoms with van der Waals surface area (Å²) >= 11 is 0. The van der Waals surface area contributed by atoms with Crippen LogP contribution in [-0.2, 0) is 16.7 Å². The van der Waals surface area contributed by atoms with Gasteiger partial charge in [0, 0.05) is 23.2 Å². The van der Waals surface area contributed by atoms with E-state index in [1.165, 1.54) is 6.07 Å². The van der Waals surface area contributed by atoms with Crippen molar-refractivity contribution in [1.29, 1.82) is 0 Å². The Kier molecular flexibility index (Phi) is 7.60. The third-order valence-electron chi connectivity index (χ3n) is 4.57.